The quantitative estimate of drug-likeness (QED) is 0.847. The monoisotopic (exact) mass is 322 g/mol. The van der Waals surface area contributed by atoms with Gasteiger partial charge in [0.05, 0.1) is 23.9 Å². The van der Waals surface area contributed by atoms with Crippen molar-refractivity contribution in [1.29, 1.82) is 0 Å². The lowest BCUT2D eigenvalue weighted by Gasteiger charge is -2.12. The van der Waals surface area contributed by atoms with Crippen molar-refractivity contribution in [2.24, 2.45) is 0 Å². The Labute approximate surface area is 133 Å². The smallest absolute Gasteiger partial charge is 0.243 e. The molecule has 2 rings (SSSR count). The van der Waals surface area contributed by atoms with Crippen molar-refractivity contribution in [2.45, 2.75) is 6.92 Å². The van der Waals surface area contributed by atoms with Crippen LogP contribution in [0.3, 0.4) is 0 Å². The van der Waals surface area contributed by atoms with E-state index in [4.69, 9.17) is 16.3 Å². The highest BCUT2D eigenvalue weighted by Crippen LogP contribution is 2.23. The number of rotatable bonds is 6. The number of anilines is 2. The predicted molar refractivity (Wildman–Crippen MR) is 86.1 cm³/mol. The third kappa shape index (κ3) is 4.36. The van der Waals surface area contributed by atoms with Gasteiger partial charge in [-0.2, -0.15) is 0 Å². The average molecular weight is 323 g/mol. The van der Waals surface area contributed by atoms with Gasteiger partial charge in [-0.05, 0) is 37.3 Å². The predicted octanol–water partition coefficient (Wildman–Crippen LogP) is 3.93. The summed E-state index contributed by atoms with van der Waals surface area (Å²) in [6.45, 7) is 2.42. The molecule has 0 aliphatic heterocycles. The SMILES string of the molecule is CCOc1ccccc1NC(=O)CNc1ccc(F)c(Cl)c1. The Bertz CT molecular complexity index is 664. The van der Waals surface area contributed by atoms with Crippen molar-refractivity contribution in [3.8, 4) is 5.75 Å². The van der Waals surface area contributed by atoms with E-state index in [-0.39, 0.29) is 17.5 Å². The molecule has 0 radical (unpaired) electrons. The molecule has 0 aliphatic rings. The van der Waals surface area contributed by atoms with Gasteiger partial charge >= 0.3 is 0 Å². The zero-order chi connectivity index (χ0) is 15.9. The van der Waals surface area contributed by atoms with Crippen LogP contribution in [-0.4, -0.2) is 19.1 Å². The summed E-state index contributed by atoms with van der Waals surface area (Å²) >= 11 is 5.68. The minimum atomic E-state index is -0.498. The largest absolute Gasteiger partial charge is 0.492 e. The molecule has 0 aromatic heterocycles. The van der Waals surface area contributed by atoms with Gasteiger partial charge in [0.15, 0.2) is 0 Å². The van der Waals surface area contributed by atoms with Gasteiger partial charge in [0.1, 0.15) is 11.6 Å². The van der Waals surface area contributed by atoms with Gasteiger partial charge in [0, 0.05) is 5.69 Å². The second-order valence-corrected chi connectivity index (χ2v) is 4.87. The number of benzene rings is 2. The molecule has 22 heavy (non-hydrogen) atoms. The van der Waals surface area contributed by atoms with E-state index in [0.29, 0.717) is 23.7 Å². The number of halogens is 2. The highest BCUT2D eigenvalue weighted by atomic mass is 35.5. The van der Waals surface area contributed by atoms with Crippen LogP contribution in [0.2, 0.25) is 5.02 Å². The van der Waals surface area contributed by atoms with E-state index in [1.807, 2.05) is 19.1 Å². The Morgan fingerprint density at radius 1 is 1.27 bits per heavy atom. The fourth-order valence-electron chi connectivity index (χ4n) is 1.83. The van der Waals surface area contributed by atoms with Crippen LogP contribution >= 0.6 is 11.6 Å². The molecular formula is C16H16ClFN2O2. The van der Waals surface area contributed by atoms with Crippen LogP contribution in [0, 0.1) is 5.82 Å². The minimum absolute atomic E-state index is 0.00657. The molecule has 0 aliphatic carbocycles. The molecule has 0 unspecified atom stereocenters. The first-order chi connectivity index (χ1) is 10.6. The maximum atomic E-state index is 13.0. The summed E-state index contributed by atoms with van der Waals surface area (Å²) < 4.78 is 18.5. The Morgan fingerprint density at radius 2 is 2.05 bits per heavy atom. The second kappa shape index (κ2) is 7.66. The maximum absolute atomic E-state index is 13.0. The van der Waals surface area contributed by atoms with Crippen LogP contribution < -0.4 is 15.4 Å². The Balaban J connectivity index is 1.94. The number of amides is 1. The van der Waals surface area contributed by atoms with Crippen LogP contribution in [0.4, 0.5) is 15.8 Å². The lowest BCUT2D eigenvalue weighted by molar-refractivity contribution is -0.114. The van der Waals surface area contributed by atoms with Crippen molar-refractivity contribution in [3.63, 3.8) is 0 Å². The van der Waals surface area contributed by atoms with E-state index >= 15 is 0 Å². The zero-order valence-electron chi connectivity index (χ0n) is 12.0. The zero-order valence-corrected chi connectivity index (χ0v) is 12.8. The number of nitrogens with one attached hydrogen (secondary N) is 2. The van der Waals surface area contributed by atoms with Crippen LogP contribution in [0.25, 0.3) is 0 Å². The third-order valence-electron chi connectivity index (χ3n) is 2.83. The minimum Gasteiger partial charge on any atom is -0.492 e. The molecule has 0 heterocycles. The lowest BCUT2D eigenvalue weighted by atomic mass is 10.3. The van der Waals surface area contributed by atoms with Crippen molar-refractivity contribution < 1.29 is 13.9 Å². The van der Waals surface area contributed by atoms with Gasteiger partial charge in [-0.1, -0.05) is 23.7 Å². The van der Waals surface area contributed by atoms with E-state index in [1.165, 1.54) is 18.2 Å². The average Bonchev–Trinajstić information content (AvgIpc) is 2.51. The number of para-hydroxylation sites is 2. The molecule has 0 saturated heterocycles. The molecular weight excluding hydrogens is 307 g/mol. The van der Waals surface area contributed by atoms with Gasteiger partial charge in [-0.3, -0.25) is 4.79 Å². The first kappa shape index (κ1) is 16.1. The first-order valence-electron chi connectivity index (χ1n) is 6.80. The highest BCUT2D eigenvalue weighted by molar-refractivity contribution is 6.31. The molecule has 6 heteroatoms. The summed E-state index contributed by atoms with van der Waals surface area (Å²) in [6.07, 6.45) is 0. The van der Waals surface area contributed by atoms with Crippen LogP contribution in [0.5, 0.6) is 5.75 Å². The van der Waals surface area contributed by atoms with Crippen LogP contribution in [-0.2, 0) is 4.79 Å². The topological polar surface area (TPSA) is 50.4 Å². The number of hydrogen-bond acceptors (Lipinski definition) is 3. The first-order valence-corrected chi connectivity index (χ1v) is 7.18. The van der Waals surface area contributed by atoms with Gasteiger partial charge < -0.3 is 15.4 Å². The molecule has 2 N–H and O–H groups in total. The molecule has 2 aromatic rings. The van der Waals surface area contributed by atoms with E-state index in [2.05, 4.69) is 10.6 Å². The molecule has 0 saturated carbocycles. The van der Waals surface area contributed by atoms with Crippen LogP contribution in [0.15, 0.2) is 42.5 Å². The molecule has 0 fully saturated rings. The van der Waals surface area contributed by atoms with Gasteiger partial charge in [-0.25, -0.2) is 4.39 Å². The lowest BCUT2D eigenvalue weighted by Crippen LogP contribution is -2.22. The maximum Gasteiger partial charge on any atom is 0.243 e. The van der Waals surface area contributed by atoms with E-state index < -0.39 is 5.82 Å². The van der Waals surface area contributed by atoms with E-state index in [0.717, 1.165) is 0 Å². The molecule has 0 bridgehead atoms. The van der Waals surface area contributed by atoms with Gasteiger partial charge in [-0.15, -0.1) is 0 Å². The number of carbonyl (C=O) groups is 1. The van der Waals surface area contributed by atoms with Gasteiger partial charge in [0.2, 0.25) is 5.91 Å². The summed E-state index contributed by atoms with van der Waals surface area (Å²) in [6, 6.07) is 11.4. The molecule has 1 amide bonds. The van der Waals surface area contributed by atoms with Crippen molar-refractivity contribution in [2.75, 3.05) is 23.8 Å². The van der Waals surface area contributed by atoms with E-state index in [1.54, 1.807) is 12.1 Å². The van der Waals surface area contributed by atoms with Crippen molar-refractivity contribution >= 4 is 28.9 Å². The van der Waals surface area contributed by atoms with E-state index in [9.17, 15) is 9.18 Å². The molecule has 116 valence electrons. The molecule has 2 aromatic carbocycles. The normalized spacial score (nSPS) is 10.1. The molecule has 0 atom stereocenters. The fourth-order valence-corrected chi connectivity index (χ4v) is 2.01. The summed E-state index contributed by atoms with van der Waals surface area (Å²) in [7, 11) is 0. The second-order valence-electron chi connectivity index (χ2n) is 4.46. The Kier molecular flexibility index (Phi) is 5.61. The number of ether oxygens (including phenoxy) is 1. The van der Waals surface area contributed by atoms with Crippen molar-refractivity contribution in [3.05, 3.63) is 53.3 Å². The highest BCUT2D eigenvalue weighted by Gasteiger charge is 2.08. The third-order valence-corrected chi connectivity index (χ3v) is 3.12. The Hall–Kier alpha value is -2.27. The number of carbonyl (C=O) groups excluding carboxylic acids is 1. The summed E-state index contributed by atoms with van der Waals surface area (Å²) in [5.74, 6) is -0.127. The standard InChI is InChI=1S/C16H16ClFN2O2/c1-2-22-15-6-4-3-5-14(15)20-16(21)10-19-11-7-8-13(18)12(17)9-11/h3-9,19H,2,10H2,1H3,(H,20,21). The summed E-state index contributed by atoms with van der Waals surface area (Å²) in [5.41, 5.74) is 1.17. The fraction of sp³-hybridized carbons (Fsp3) is 0.188. The van der Waals surface area contributed by atoms with Gasteiger partial charge in [0.25, 0.3) is 0 Å². The number of hydrogen-bond donors (Lipinski definition) is 2. The Morgan fingerprint density at radius 3 is 2.77 bits per heavy atom. The molecule has 0 spiro atoms. The van der Waals surface area contributed by atoms with Crippen molar-refractivity contribution in [1.82, 2.24) is 0 Å². The molecule has 4 nitrogen and oxygen atoms in total. The van der Waals surface area contributed by atoms with Crippen LogP contribution in [0.1, 0.15) is 6.92 Å². The summed E-state index contributed by atoms with van der Waals surface area (Å²) in [4.78, 5) is 12.0. The summed E-state index contributed by atoms with van der Waals surface area (Å²) in [5, 5.41) is 5.64.